The van der Waals surface area contributed by atoms with Crippen LogP contribution in [-0.4, -0.2) is 17.3 Å². The summed E-state index contributed by atoms with van der Waals surface area (Å²) in [6.45, 7) is 1.86. The molecule has 0 aromatic heterocycles. The van der Waals surface area contributed by atoms with Crippen molar-refractivity contribution in [2.24, 2.45) is 0 Å². The molecule has 112 valence electrons. The van der Waals surface area contributed by atoms with Gasteiger partial charge in [0.2, 0.25) is 0 Å². The molecular weight excluding hydrogens is 358 g/mol. The third kappa shape index (κ3) is 3.54. The Balaban J connectivity index is 2.35. The van der Waals surface area contributed by atoms with E-state index < -0.39 is 0 Å². The van der Waals surface area contributed by atoms with Crippen LogP contribution in [0.25, 0.3) is 0 Å². The molecule has 6 heteroatoms. The van der Waals surface area contributed by atoms with Crippen molar-refractivity contribution in [3.63, 3.8) is 0 Å². The summed E-state index contributed by atoms with van der Waals surface area (Å²) >= 11 is 9.44. The van der Waals surface area contributed by atoms with Crippen LogP contribution >= 0.6 is 27.5 Å². The third-order valence-electron chi connectivity index (χ3n) is 3.06. The van der Waals surface area contributed by atoms with E-state index in [1.165, 1.54) is 18.2 Å². The van der Waals surface area contributed by atoms with Crippen LogP contribution in [0.4, 0.5) is 5.69 Å². The number of hydrogen-bond acceptors (Lipinski definition) is 4. The summed E-state index contributed by atoms with van der Waals surface area (Å²) in [4.78, 5) is 0. The number of anilines is 1. The van der Waals surface area contributed by atoms with Crippen LogP contribution in [-0.2, 0) is 0 Å². The molecule has 2 rings (SSSR count). The molecule has 3 N–H and O–H groups in total. The molecule has 21 heavy (non-hydrogen) atoms. The highest BCUT2D eigenvalue weighted by atomic mass is 79.9. The summed E-state index contributed by atoms with van der Waals surface area (Å²) in [7, 11) is 1.57. The number of hydrogen-bond donors (Lipinski definition) is 3. The van der Waals surface area contributed by atoms with E-state index in [2.05, 4.69) is 21.2 Å². The van der Waals surface area contributed by atoms with E-state index in [-0.39, 0.29) is 17.5 Å². The molecule has 1 atom stereocenters. The van der Waals surface area contributed by atoms with Crippen molar-refractivity contribution >= 4 is 33.2 Å². The summed E-state index contributed by atoms with van der Waals surface area (Å²) in [5.41, 5.74) is 1.26. The molecule has 4 nitrogen and oxygen atoms in total. The lowest BCUT2D eigenvalue weighted by atomic mass is 10.1. The van der Waals surface area contributed by atoms with E-state index in [0.29, 0.717) is 22.0 Å². The van der Waals surface area contributed by atoms with Crippen molar-refractivity contribution < 1.29 is 14.9 Å². The largest absolute Gasteiger partial charge is 0.508 e. The first-order valence-corrected chi connectivity index (χ1v) is 7.41. The number of rotatable bonds is 4. The first-order valence-electron chi connectivity index (χ1n) is 6.23. The predicted molar refractivity (Wildman–Crippen MR) is 87.5 cm³/mol. The first-order chi connectivity index (χ1) is 9.92. The Morgan fingerprint density at radius 1 is 1.24 bits per heavy atom. The normalized spacial score (nSPS) is 12.0. The van der Waals surface area contributed by atoms with E-state index in [1.54, 1.807) is 19.2 Å². The lowest BCUT2D eigenvalue weighted by Gasteiger charge is -2.20. The summed E-state index contributed by atoms with van der Waals surface area (Å²) in [5.74, 6) is 0.814. The maximum Gasteiger partial charge on any atom is 0.156 e. The second-order valence-electron chi connectivity index (χ2n) is 4.58. The van der Waals surface area contributed by atoms with Gasteiger partial charge in [0.1, 0.15) is 11.5 Å². The van der Waals surface area contributed by atoms with Gasteiger partial charge in [-0.2, -0.15) is 0 Å². The predicted octanol–water partition coefficient (Wildman–Crippen LogP) is 4.70. The summed E-state index contributed by atoms with van der Waals surface area (Å²) < 4.78 is 6.07. The fraction of sp³-hybridized carbons (Fsp3) is 0.200. The number of phenols is 2. The van der Waals surface area contributed by atoms with Crippen LogP contribution in [0.5, 0.6) is 17.2 Å². The Hall–Kier alpha value is -1.59. The van der Waals surface area contributed by atoms with E-state index >= 15 is 0 Å². The Kier molecular flexibility index (Phi) is 4.85. The summed E-state index contributed by atoms with van der Waals surface area (Å²) in [6, 6.07) is 7.62. The van der Waals surface area contributed by atoms with E-state index in [9.17, 15) is 10.2 Å². The van der Waals surface area contributed by atoms with Crippen molar-refractivity contribution in [1.82, 2.24) is 0 Å². The van der Waals surface area contributed by atoms with Gasteiger partial charge in [0.05, 0.1) is 23.3 Å². The monoisotopic (exact) mass is 371 g/mol. The lowest BCUT2D eigenvalue weighted by molar-refractivity contribution is 0.413. The molecule has 0 fully saturated rings. The van der Waals surface area contributed by atoms with Crippen LogP contribution in [0.2, 0.25) is 5.02 Å². The van der Waals surface area contributed by atoms with Gasteiger partial charge in [0.25, 0.3) is 0 Å². The highest BCUT2D eigenvalue weighted by Gasteiger charge is 2.15. The molecule has 1 unspecified atom stereocenters. The SMILES string of the molecule is COc1c(Br)cc(Cl)cc1NC(C)c1cc(O)ccc1O. The van der Waals surface area contributed by atoms with Crippen molar-refractivity contribution in [2.75, 3.05) is 12.4 Å². The second kappa shape index (κ2) is 6.45. The minimum absolute atomic E-state index is 0.0932. The zero-order valence-corrected chi connectivity index (χ0v) is 13.9. The van der Waals surface area contributed by atoms with Crippen molar-refractivity contribution in [2.45, 2.75) is 13.0 Å². The molecule has 0 radical (unpaired) electrons. The second-order valence-corrected chi connectivity index (χ2v) is 5.87. The Bertz CT molecular complexity index is 664. The van der Waals surface area contributed by atoms with Crippen molar-refractivity contribution in [1.29, 1.82) is 0 Å². The quantitative estimate of drug-likeness (QED) is 0.681. The Morgan fingerprint density at radius 3 is 2.62 bits per heavy atom. The van der Waals surface area contributed by atoms with Gasteiger partial charge in [-0.05, 0) is 53.2 Å². The van der Waals surface area contributed by atoms with Crippen molar-refractivity contribution in [3.8, 4) is 17.2 Å². The van der Waals surface area contributed by atoms with Gasteiger partial charge in [-0.15, -0.1) is 0 Å². The zero-order chi connectivity index (χ0) is 15.6. The number of aromatic hydroxyl groups is 2. The van der Waals surface area contributed by atoms with Gasteiger partial charge in [0, 0.05) is 10.6 Å². The highest BCUT2D eigenvalue weighted by molar-refractivity contribution is 9.10. The summed E-state index contributed by atoms with van der Waals surface area (Å²) in [6.07, 6.45) is 0. The fourth-order valence-corrected chi connectivity index (χ4v) is 3.05. The molecule has 0 bridgehead atoms. The molecule has 0 heterocycles. The topological polar surface area (TPSA) is 61.7 Å². The van der Waals surface area contributed by atoms with Crippen molar-refractivity contribution in [3.05, 3.63) is 45.4 Å². The molecule has 0 spiro atoms. The molecule has 0 saturated heterocycles. The van der Waals surface area contributed by atoms with E-state index in [0.717, 1.165) is 4.47 Å². The van der Waals surface area contributed by atoms with Gasteiger partial charge < -0.3 is 20.3 Å². The number of halogens is 2. The van der Waals surface area contributed by atoms with Gasteiger partial charge in [-0.1, -0.05) is 11.6 Å². The molecule has 2 aromatic rings. The maximum absolute atomic E-state index is 9.90. The van der Waals surface area contributed by atoms with Crippen LogP contribution in [0, 0.1) is 0 Å². The highest BCUT2D eigenvalue weighted by Crippen LogP contribution is 2.39. The van der Waals surface area contributed by atoms with Crippen LogP contribution in [0.3, 0.4) is 0 Å². The average Bonchev–Trinajstić information content (AvgIpc) is 2.41. The van der Waals surface area contributed by atoms with Gasteiger partial charge in [-0.3, -0.25) is 0 Å². The van der Waals surface area contributed by atoms with Gasteiger partial charge >= 0.3 is 0 Å². The van der Waals surface area contributed by atoms with E-state index in [4.69, 9.17) is 16.3 Å². The summed E-state index contributed by atoms with van der Waals surface area (Å²) in [5, 5.41) is 23.2. The fourth-order valence-electron chi connectivity index (χ4n) is 2.07. The zero-order valence-electron chi connectivity index (χ0n) is 11.5. The first kappa shape index (κ1) is 15.8. The van der Waals surface area contributed by atoms with Gasteiger partial charge in [-0.25, -0.2) is 0 Å². The molecule has 0 aliphatic rings. The van der Waals surface area contributed by atoms with Crippen LogP contribution < -0.4 is 10.1 Å². The lowest BCUT2D eigenvalue weighted by Crippen LogP contribution is -2.08. The van der Waals surface area contributed by atoms with Crippen LogP contribution in [0.1, 0.15) is 18.5 Å². The Labute approximate surface area is 136 Å². The molecule has 0 aliphatic heterocycles. The Morgan fingerprint density at radius 2 is 1.95 bits per heavy atom. The number of ether oxygens (including phenoxy) is 1. The standard InChI is InChI=1S/C15H15BrClNO3/c1-8(11-7-10(19)3-4-14(11)20)18-13-6-9(17)5-12(16)15(13)21-2/h3-8,18-20H,1-2H3. The van der Waals surface area contributed by atoms with E-state index in [1.807, 2.05) is 6.92 Å². The number of nitrogens with one attached hydrogen (secondary N) is 1. The van der Waals surface area contributed by atoms with Gasteiger partial charge in [0.15, 0.2) is 5.75 Å². The maximum atomic E-state index is 9.90. The molecule has 0 saturated carbocycles. The number of benzene rings is 2. The smallest absolute Gasteiger partial charge is 0.156 e. The molecule has 2 aromatic carbocycles. The van der Waals surface area contributed by atoms with Crippen LogP contribution in [0.15, 0.2) is 34.8 Å². The number of methoxy groups -OCH3 is 1. The number of phenolic OH excluding ortho intramolecular Hbond substituents is 2. The minimum Gasteiger partial charge on any atom is -0.508 e. The molecule has 0 aliphatic carbocycles. The third-order valence-corrected chi connectivity index (χ3v) is 3.87. The molecule has 0 amide bonds. The minimum atomic E-state index is -0.253. The molecular formula is C15H15BrClNO3. The average molecular weight is 373 g/mol.